The van der Waals surface area contributed by atoms with Gasteiger partial charge >= 0.3 is 0 Å². The van der Waals surface area contributed by atoms with Crippen molar-refractivity contribution in [3.63, 3.8) is 0 Å². The molecular formula is C9H11BrO2. The fourth-order valence-corrected chi connectivity index (χ4v) is 1.21. The fraction of sp³-hybridized carbons (Fsp3) is 0.333. The number of hydrogen-bond donors (Lipinski definition) is 0. The van der Waals surface area contributed by atoms with Gasteiger partial charge in [0.2, 0.25) is 0 Å². The van der Waals surface area contributed by atoms with Crippen LogP contribution in [0, 0.1) is 6.92 Å². The summed E-state index contributed by atoms with van der Waals surface area (Å²) in [5, 5.41) is 0. The molecule has 0 atom stereocenters. The van der Waals surface area contributed by atoms with E-state index in [0.717, 1.165) is 15.8 Å². The molecule has 66 valence electrons. The minimum Gasteiger partial charge on any atom is -0.467 e. The van der Waals surface area contributed by atoms with Crippen molar-refractivity contribution in [3.8, 4) is 5.75 Å². The second-order valence-electron chi connectivity index (χ2n) is 2.41. The van der Waals surface area contributed by atoms with Crippen molar-refractivity contribution < 1.29 is 9.47 Å². The maximum atomic E-state index is 5.31. The summed E-state index contributed by atoms with van der Waals surface area (Å²) >= 11 is 3.42. The lowest BCUT2D eigenvalue weighted by molar-refractivity contribution is 0.0506. The van der Waals surface area contributed by atoms with E-state index in [1.165, 1.54) is 0 Å². The molecule has 0 bridgehead atoms. The van der Waals surface area contributed by atoms with Crippen molar-refractivity contribution in [2.24, 2.45) is 0 Å². The number of benzene rings is 1. The second kappa shape index (κ2) is 4.48. The Kier molecular flexibility index (Phi) is 3.56. The predicted octanol–water partition coefficient (Wildman–Crippen LogP) is 2.74. The molecule has 0 aromatic heterocycles. The Morgan fingerprint density at radius 1 is 1.42 bits per heavy atom. The summed E-state index contributed by atoms with van der Waals surface area (Å²) in [7, 11) is 1.60. The Bertz CT molecular complexity index is 261. The number of methoxy groups -OCH3 is 1. The standard InChI is InChI=1S/C9H11BrO2/c1-7-8(10)4-3-5-9(7)12-6-11-2/h3-5H,6H2,1-2H3. The summed E-state index contributed by atoms with van der Waals surface area (Å²) in [5.74, 6) is 0.853. The maximum absolute atomic E-state index is 5.31. The van der Waals surface area contributed by atoms with Gasteiger partial charge in [-0.2, -0.15) is 0 Å². The average molecular weight is 231 g/mol. The Labute approximate surface area is 80.6 Å². The molecule has 0 aliphatic carbocycles. The van der Waals surface area contributed by atoms with Gasteiger partial charge in [-0.3, -0.25) is 0 Å². The first-order valence-corrected chi connectivity index (χ1v) is 4.42. The zero-order valence-electron chi connectivity index (χ0n) is 7.13. The van der Waals surface area contributed by atoms with Gasteiger partial charge in [-0.05, 0) is 19.1 Å². The van der Waals surface area contributed by atoms with Crippen LogP contribution in [0.25, 0.3) is 0 Å². The van der Waals surface area contributed by atoms with E-state index in [0.29, 0.717) is 0 Å². The quantitative estimate of drug-likeness (QED) is 0.744. The normalized spacial score (nSPS) is 9.92. The summed E-state index contributed by atoms with van der Waals surface area (Å²) in [6.45, 7) is 2.28. The second-order valence-corrected chi connectivity index (χ2v) is 3.27. The molecule has 0 unspecified atom stereocenters. The topological polar surface area (TPSA) is 18.5 Å². The molecule has 0 aliphatic rings. The molecule has 1 aromatic rings. The molecule has 0 radical (unpaired) electrons. The van der Waals surface area contributed by atoms with Crippen LogP contribution in [0.5, 0.6) is 5.75 Å². The number of halogens is 1. The van der Waals surface area contributed by atoms with Crippen molar-refractivity contribution in [1.82, 2.24) is 0 Å². The lowest BCUT2D eigenvalue weighted by Gasteiger charge is -2.08. The van der Waals surface area contributed by atoms with Gasteiger partial charge in [-0.25, -0.2) is 0 Å². The first-order chi connectivity index (χ1) is 5.75. The molecule has 1 rings (SSSR count). The van der Waals surface area contributed by atoms with Gasteiger partial charge in [0.1, 0.15) is 5.75 Å². The van der Waals surface area contributed by atoms with Crippen LogP contribution in [0.3, 0.4) is 0 Å². The summed E-state index contributed by atoms with van der Waals surface area (Å²) < 4.78 is 11.2. The maximum Gasteiger partial charge on any atom is 0.188 e. The summed E-state index contributed by atoms with van der Waals surface area (Å²) in [4.78, 5) is 0. The molecule has 0 N–H and O–H groups in total. The fourth-order valence-electron chi connectivity index (χ4n) is 0.866. The monoisotopic (exact) mass is 230 g/mol. The summed E-state index contributed by atoms with van der Waals surface area (Å²) in [6, 6.07) is 5.83. The van der Waals surface area contributed by atoms with Crippen LogP contribution in [-0.4, -0.2) is 13.9 Å². The summed E-state index contributed by atoms with van der Waals surface area (Å²) in [6.07, 6.45) is 0. The highest BCUT2D eigenvalue weighted by molar-refractivity contribution is 9.10. The van der Waals surface area contributed by atoms with Gasteiger partial charge in [0.15, 0.2) is 6.79 Å². The largest absolute Gasteiger partial charge is 0.467 e. The lowest BCUT2D eigenvalue weighted by atomic mass is 10.2. The predicted molar refractivity (Wildman–Crippen MR) is 51.4 cm³/mol. The highest BCUT2D eigenvalue weighted by Crippen LogP contribution is 2.25. The first kappa shape index (κ1) is 9.55. The van der Waals surface area contributed by atoms with Gasteiger partial charge < -0.3 is 9.47 Å². The van der Waals surface area contributed by atoms with Crippen LogP contribution in [0.2, 0.25) is 0 Å². The van der Waals surface area contributed by atoms with E-state index in [1.807, 2.05) is 25.1 Å². The van der Waals surface area contributed by atoms with Crippen LogP contribution in [-0.2, 0) is 4.74 Å². The highest BCUT2D eigenvalue weighted by Gasteiger charge is 2.01. The van der Waals surface area contributed by atoms with E-state index in [9.17, 15) is 0 Å². The molecule has 2 nitrogen and oxygen atoms in total. The molecule has 0 saturated carbocycles. The van der Waals surface area contributed by atoms with Crippen LogP contribution in [0.1, 0.15) is 5.56 Å². The van der Waals surface area contributed by atoms with Crippen LogP contribution >= 0.6 is 15.9 Å². The number of rotatable bonds is 3. The van der Waals surface area contributed by atoms with Crippen LogP contribution < -0.4 is 4.74 Å². The first-order valence-electron chi connectivity index (χ1n) is 3.62. The molecule has 0 fully saturated rings. The van der Waals surface area contributed by atoms with Crippen molar-refractivity contribution in [3.05, 3.63) is 28.2 Å². The van der Waals surface area contributed by atoms with Gasteiger partial charge in [0, 0.05) is 17.1 Å². The zero-order valence-corrected chi connectivity index (χ0v) is 8.72. The Morgan fingerprint density at radius 2 is 2.17 bits per heavy atom. The third-order valence-electron chi connectivity index (χ3n) is 1.55. The molecule has 1 aromatic carbocycles. The highest BCUT2D eigenvalue weighted by atomic mass is 79.9. The van der Waals surface area contributed by atoms with Gasteiger partial charge in [0.25, 0.3) is 0 Å². The minimum absolute atomic E-state index is 0.289. The minimum atomic E-state index is 0.289. The molecular weight excluding hydrogens is 220 g/mol. The number of ether oxygens (including phenoxy) is 2. The summed E-state index contributed by atoms with van der Waals surface area (Å²) in [5.41, 5.74) is 1.09. The van der Waals surface area contributed by atoms with E-state index in [-0.39, 0.29) is 6.79 Å². The Hall–Kier alpha value is -0.540. The van der Waals surface area contributed by atoms with Gasteiger partial charge in [-0.15, -0.1) is 0 Å². The SMILES string of the molecule is COCOc1cccc(Br)c1C. The third-order valence-corrected chi connectivity index (χ3v) is 2.41. The van der Waals surface area contributed by atoms with Gasteiger partial charge in [-0.1, -0.05) is 22.0 Å². The Morgan fingerprint density at radius 3 is 2.83 bits per heavy atom. The Balaban J connectivity index is 2.78. The van der Waals surface area contributed by atoms with Crippen molar-refractivity contribution in [2.75, 3.05) is 13.9 Å². The van der Waals surface area contributed by atoms with Crippen LogP contribution in [0.4, 0.5) is 0 Å². The average Bonchev–Trinajstić information content (AvgIpc) is 2.08. The molecule has 0 spiro atoms. The van der Waals surface area contributed by atoms with E-state index in [4.69, 9.17) is 9.47 Å². The van der Waals surface area contributed by atoms with Crippen molar-refractivity contribution in [1.29, 1.82) is 0 Å². The molecule has 0 amide bonds. The van der Waals surface area contributed by atoms with E-state index >= 15 is 0 Å². The molecule has 0 aliphatic heterocycles. The van der Waals surface area contributed by atoms with Gasteiger partial charge in [0.05, 0.1) is 0 Å². The molecule has 0 saturated heterocycles. The zero-order chi connectivity index (χ0) is 8.97. The van der Waals surface area contributed by atoms with Crippen LogP contribution in [0.15, 0.2) is 22.7 Å². The lowest BCUT2D eigenvalue weighted by Crippen LogP contribution is -2.00. The number of hydrogen-bond acceptors (Lipinski definition) is 2. The molecule has 3 heteroatoms. The third kappa shape index (κ3) is 2.22. The smallest absolute Gasteiger partial charge is 0.188 e. The van der Waals surface area contributed by atoms with E-state index in [2.05, 4.69) is 15.9 Å². The van der Waals surface area contributed by atoms with Crippen molar-refractivity contribution in [2.45, 2.75) is 6.92 Å². The van der Waals surface area contributed by atoms with E-state index < -0.39 is 0 Å². The van der Waals surface area contributed by atoms with E-state index in [1.54, 1.807) is 7.11 Å². The molecule has 0 heterocycles. The van der Waals surface area contributed by atoms with Crippen molar-refractivity contribution >= 4 is 15.9 Å². The molecule has 12 heavy (non-hydrogen) atoms.